The van der Waals surface area contributed by atoms with Crippen molar-refractivity contribution >= 4 is 29.1 Å². The van der Waals surface area contributed by atoms with E-state index >= 15 is 0 Å². The van der Waals surface area contributed by atoms with Gasteiger partial charge in [0.25, 0.3) is 18.2 Å². The summed E-state index contributed by atoms with van der Waals surface area (Å²) in [6.45, 7) is 0.244. The van der Waals surface area contributed by atoms with Crippen molar-refractivity contribution in [1.29, 1.82) is 0 Å². The van der Waals surface area contributed by atoms with E-state index in [1.807, 2.05) is 0 Å². The molecule has 10 heteroatoms. The van der Waals surface area contributed by atoms with Crippen LogP contribution in [-0.2, 0) is 19.1 Å². The third kappa shape index (κ3) is 4.45. The van der Waals surface area contributed by atoms with Gasteiger partial charge in [0.05, 0.1) is 12.3 Å². The number of hydrogen-bond donors (Lipinski definition) is 3. The summed E-state index contributed by atoms with van der Waals surface area (Å²) in [6, 6.07) is 2.64. The van der Waals surface area contributed by atoms with Gasteiger partial charge in [-0.3, -0.25) is 19.7 Å². The Morgan fingerprint density at radius 2 is 2.04 bits per heavy atom. The number of alkyl halides is 2. The van der Waals surface area contributed by atoms with Crippen molar-refractivity contribution < 1.29 is 27.9 Å². The normalized spacial score (nSPS) is 18.7. The SMILES string of the molecule is NC(=O)[C@@H](NC1CCC1)C(=O)Nc1ccc(N2CCOCC2=O)c(C(F)F)c1. The number of amides is 3. The lowest BCUT2D eigenvalue weighted by atomic mass is 9.92. The Labute approximate surface area is 160 Å². The van der Waals surface area contributed by atoms with Crippen LogP contribution in [-0.4, -0.2) is 49.6 Å². The Bertz CT molecular complexity index is 770. The molecular weight excluding hydrogens is 374 g/mol. The Morgan fingerprint density at radius 3 is 2.61 bits per heavy atom. The summed E-state index contributed by atoms with van der Waals surface area (Å²) in [6.07, 6.45) is -0.170. The first-order chi connectivity index (χ1) is 13.4. The first-order valence-electron chi connectivity index (χ1n) is 9.03. The van der Waals surface area contributed by atoms with Gasteiger partial charge in [-0.1, -0.05) is 6.42 Å². The molecule has 1 aromatic carbocycles. The summed E-state index contributed by atoms with van der Waals surface area (Å²) < 4.78 is 32.2. The zero-order chi connectivity index (χ0) is 20.3. The topological polar surface area (TPSA) is 114 Å². The van der Waals surface area contributed by atoms with Crippen LogP contribution in [0.25, 0.3) is 0 Å². The molecular formula is C18H22F2N4O4. The molecule has 0 radical (unpaired) electrons. The molecule has 0 bridgehead atoms. The number of carbonyl (C=O) groups excluding carboxylic acids is 3. The van der Waals surface area contributed by atoms with Gasteiger partial charge in [0.15, 0.2) is 6.04 Å². The minimum Gasteiger partial charge on any atom is -0.370 e. The zero-order valence-corrected chi connectivity index (χ0v) is 15.1. The van der Waals surface area contributed by atoms with E-state index in [1.54, 1.807) is 0 Å². The van der Waals surface area contributed by atoms with E-state index < -0.39 is 35.8 Å². The molecule has 8 nitrogen and oxygen atoms in total. The van der Waals surface area contributed by atoms with Crippen molar-refractivity contribution in [3.8, 4) is 0 Å². The first kappa shape index (κ1) is 20.2. The number of morpholine rings is 1. The van der Waals surface area contributed by atoms with Gasteiger partial charge in [-0.2, -0.15) is 0 Å². The van der Waals surface area contributed by atoms with Gasteiger partial charge in [0.1, 0.15) is 6.61 Å². The molecule has 0 spiro atoms. The predicted molar refractivity (Wildman–Crippen MR) is 97.0 cm³/mol. The van der Waals surface area contributed by atoms with Crippen LogP contribution in [0.3, 0.4) is 0 Å². The third-order valence-corrected chi connectivity index (χ3v) is 4.86. The van der Waals surface area contributed by atoms with Crippen LogP contribution >= 0.6 is 0 Å². The molecule has 0 unspecified atom stereocenters. The number of rotatable bonds is 7. The maximum absolute atomic E-state index is 13.6. The van der Waals surface area contributed by atoms with Crippen molar-refractivity contribution in [2.75, 3.05) is 30.0 Å². The Balaban J connectivity index is 1.78. The van der Waals surface area contributed by atoms with E-state index in [-0.39, 0.29) is 37.2 Å². The van der Waals surface area contributed by atoms with E-state index in [2.05, 4.69) is 10.6 Å². The van der Waals surface area contributed by atoms with Gasteiger partial charge in [-0.05, 0) is 31.0 Å². The smallest absolute Gasteiger partial charge is 0.265 e. The average molecular weight is 396 g/mol. The number of primary amides is 1. The van der Waals surface area contributed by atoms with E-state index in [0.29, 0.717) is 0 Å². The van der Waals surface area contributed by atoms with Crippen LogP contribution in [0.1, 0.15) is 31.3 Å². The number of carbonyl (C=O) groups is 3. The minimum absolute atomic E-state index is 0.0367. The highest BCUT2D eigenvalue weighted by Gasteiger charge is 2.30. The summed E-state index contributed by atoms with van der Waals surface area (Å²) >= 11 is 0. The van der Waals surface area contributed by atoms with Crippen molar-refractivity contribution in [2.45, 2.75) is 37.8 Å². The van der Waals surface area contributed by atoms with Gasteiger partial charge in [0.2, 0.25) is 5.91 Å². The van der Waals surface area contributed by atoms with Crippen LogP contribution in [0.5, 0.6) is 0 Å². The summed E-state index contributed by atoms with van der Waals surface area (Å²) in [5.74, 6) is -1.97. The molecule has 2 aliphatic rings. The van der Waals surface area contributed by atoms with Crippen LogP contribution < -0.4 is 21.3 Å². The number of ether oxygens (including phenoxy) is 1. The second-order valence-corrected chi connectivity index (χ2v) is 6.79. The van der Waals surface area contributed by atoms with E-state index in [0.717, 1.165) is 25.3 Å². The van der Waals surface area contributed by atoms with Crippen LogP contribution in [0.4, 0.5) is 20.2 Å². The fourth-order valence-electron chi connectivity index (χ4n) is 3.14. The van der Waals surface area contributed by atoms with Crippen LogP contribution in [0, 0.1) is 0 Å². The molecule has 3 amide bonds. The molecule has 152 valence electrons. The first-order valence-corrected chi connectivity index (χ1v) is 9.03. The second kappa shape index (κ2) is 8.61. The molecule has 0 aromatic heterocycles. The maximum Gasteiger partial charge on any atom is 0.265 e. The van der Waals surface area contributed by atoms with Gasteiger partial charge >= 0.3 is 0 Å². The molecule has 1 saturated heterocycles. The maximum atomic E-state index is 13.6. The second-order valence-electron chi connectivity index (χ2n) is 6.79. The highest BCUT2D eigenvalue weighted by Crippen LogP contribution is 2.33. The van der Waals surface area contributed by atoms with Gasteiger partial charge in [-0.15, -0.1) is 0 Å². The van der Waals surface area contributed by atoms with Gasteiger partial charge in [0, 0.05) is 23.8 Å². The highest BCUT2D eigenvalue weighted by atomic mass is 19.3. The highest BCUT2D eigenvalue weighted by molar-refractivity contribution is 6.09. The average Bonchev–Trinajstić information content (AvgIpc) is 2.60. The minimum atomic E-state index is -2.86. The summed E-state index contributed by atoms with van der Waals surface area (Å²) in [7, 11) is 0. The zero-order valence-electron chi connectivity index (χ0n) is 15.1. The summed E-state index contributed by atoms with van der Waals surface area (Å²) in [5.41, 5.74) is 5.06. The lowest BCUT2D eigenvalue weighted by molar-refractivity contribution is -0.128. The molecule has 1 atom stereocenters. The largest absolute Gasteiger partial charge is 0.370 e. The Hall–Kier alpha value is -2.59. The lowest BCUT2D eigenvalue weighted by Gasteiger charge is -2.30. The number of hydrogen-bond acceptors (Lipinski definition) is 5. The number of anilines is 2. The fourth-order valence-corrected chi connectivity index (χ4v) is 3.14. The van der Waals surface area contributed by atoms with Crippen molar-refractivity contribution in [2.24, 2.45) is 5.73 Å². The van der Waals surface area contributed by atoms with Crippen molar-refractivity contribution in [3.63, 3.8) is 0 Å². The summed E-state index contributed by atoms with van der Waals surface area (Å²) in [5, 5.41) is 5.33. The van der Waals surface area contributed by atoms with Crippen LogP contribution in [0.15, 0.2) is 18.2 Å². The number of nitrogens with one attached hydrogen (secondary N) is 2. The molecule has 3 rings (SSSR count). The molecule has 2 fully saturated rings. The molecule has 28 heavy (non-hydrogen) atoms. The van der Waals surface area contributed by atoms with Crippen molar-refractivity contribution in [3.05, 3.63) is 23.8 Å². The van der Waals surface area contributed by atoms with Gasteiger partial charge < -0.3 is 20.7 Å². The number of benzene rings is 1. The third-order valence-electron chi connectivity index (χ3n) is 4.86. The Morgan fingerprint density at radius 1 is 1.29 bits per heavy atom. The van der Waals surface area contributed by atoms with E-state index in [1.165, 1.54) is 17.0 Å². The van der Waals surface area contributed by atoms with Crippen LogP contribution in [0.2, 0.25) is 0 Å². The quantitative estimate of drug-likeness (QED) is 0.593. The summed E-state index contributed by atoms with van der Waals surface area (Å²) in [4.78, 5) is 37.2. The number of halogens is 2. The molecule has 1 aliphatic heterocycles. The van der Waals surface area contributed by atoms with E-state index in [9.17, 15) is 23.2 Å². The standard InChI is InChI=1S/C18H22F2N4O4/c19-16(20)12-8-11(4-5-13(12)24-6-7-28-9-14(24)25)23-18(27)15(17(21)26)22-10-2-1-3-10/h4-5,8,10,15-16,22H,1-3,6-7,9H2,(H2,21,26)(H,23,27)/t15-/m1/s1. The van der Waals surface area contributed by atoms with E-state index in [4.69, 9.17) is 10.5 Å². The Kier molecular flexibility index (Phi) is 6.20. The molecule has 4 N–H and O–H groups in total. The molecule has 1 heterocycles. The molecule has 1 aliphatic carbocycles. The van der Waals surface area contributed by atoms with Gasteiger partial charge in [-0.25, -0.2) is 8.78 Å². The molecule has 1 saturated carbocycles. The predicted octanol–water partition coefficient (Wildman–Crippen LogP) is 0.922. The number of nitrogens with two attached hydrogens (primary N) is 1. The fraction of sp³-hybridized carbons (Fsp3) is 0.500. The molecule has 1 aromatic rings. The monoisotopic (exact) mass is 396 g/mol. The number of nitrogens with zero attached hydrogens (tertiary/aromatic N) is 1. The van der Waals surface area contributed by atoms with Crippen molar-refractivity contribution in [1.82, 2.24) is 5.32 Å². The lowest BCUT2D eigenvalue weighted by Crippen LogP contribution is -2.54.